The summed E-state index contributed by atoms with van der Waals surface area (Å²) >= 11 is 0. The number of benzene rings is 1. The van der Waals surface area contributed by atoms with Crippen molar-refractivity contribution >= 4 is 12.9 Å². The molecule has 0 heterocycles. The van der Waals surface area contributed by atoms with Crippen molar-refractivity contribution in [2.45, 2.75) is 0 Å². The van der Waals surface area contributed by atoms with Crippen molar-refractivity contribution in [2.75, 3.05) is 0 Å². The van der Waals surface area contributed by atoms with Gasteiger partial charge in [-0.2, -0.15) is 0 Å². The molecule has 2 nitrogen and oxygen atoms in total. The van der Waals surface area contributed by atoms with Crippen LogP contribution in [0.2, 0.25) is 0 Å². The predicted molar refractivity (Wildman–Crippen MR) is 36.9 cm³/mol. The molecule has 46 valence electrons. The van der Waals surface area contributed by atoms with Crippen molar-refractivity contribution in [3.8, 4) is 0 Å². The van der Waals surface area contributed by atoms with E-state index in [4.69, 9.17) is 5.26 Å². The van der Waals surface area contributed by atoms with Gasteiger partial charge in [-0.25, -0.2) is 0 Å². The minimum Gasteiger partial charge on any atom is -0.306 e. The van der Waals surface area contributed by atoms with E-state index in [1.165, 1.54) is 0 Å². The molecular weight excluding hydrogens is 115 g/mol. The number of hydrogen-bond acceptors (Lipinski definition) is 2. The lowest BCUT2D eigenvalue weighted by molar-refractivity contribution is -0.135. The molecule has 9 heavy (non-hydrogen) atoms. The fraction of sp³-hybridized carbons (Fsp3) is 0. The lowest BCUT2D eigenvalue weighted by Gasteiger charge is -1.91. The molecule has 0 aliphatic carbocycles. The third kappa shape index (κ3) is 1.87. The topological polar surface area (TPSA) is 29.5 Å². The maximum Gasteiger partial charge on any atom is 0.355 e. The molecule has 0 amide bonds. The first kappa shape index (κ1) is 6.33. The fourth-order valence-corrected chi connectivity index (χ4v) is 0.649. The Morgan fingerprint density at radius 2 is 1.89 bits per heavy atom. The van der Waals surface area contributed by atoms with E-state index >= 15 is 0 Å². The van der Waals surface area contributed by atoms with Crippen LogP contribution < -0.4 is 5.46 Å². The third-order valence-corrected chi connectivity index (χ3v) is 1.07. The van der Waals surface area contributed by atoms with Gasteiger partial charge in [0.25, 0.3) is 0 Å². The van der Waals surface area contributed by atoms with Crippen molar-refractivity contribution in [1.29, 1.82) is 0 Å². The molecule has 0 atom stereocenters. The quantitative estimate of drug-likeness (QED) is 0.343. The number of rotatable bonds is 2. The van der Waals surface area contributed by atoms with Gasteiger partial charge in [-0.15, -0.1) is 0 Å². The van der Waals surface area contributed by atoms with E-state index < -0.39 is 0 Å². The molecule has 1 rings (SSSR count). The zero-order valence-electron chi connectivity index (χ0n) is 4.95. The first-order chi connectivity index (χ1) is 4.43. The summed E-state index contributed by atoms with van der Waals surface area (Å²) in [4.78, 5) is 3.93. The molecule has 1 aromatic carbocycles. The van der Waals surface area contributed by atoms with Crippen LogP contribution in [0.5, 0.6) is 0 Å². The van der Waals surface area contributed by atoms with E-state index in [-0.39, 0.29) is 7.48 Å². The van der Waals surface area contributed by atoms with Gasteiger partial charge in [0.05, 0.1) is 0 Å². The largest absolute Gasteiger partial charge is 0.355 e. The van der Waals surface area contributed by atoms with Gasteiger partial charge in [0, 0.05) is 0 Å². The Morgan fingerprint density at radius 3 is 2.44 bits per heavy atom. The standard InChI is InChI=1S/C6H7BO2/c8-9-7-6-4-2-1-3-5-6/h1-5,7-8H. The Balaban J connectivity index is 2.61. The zero-order chi connectivity index (χ0) is 6.53. The van der Waals surface area contributed by atoms with Gasteiger partial charge in [0.15, 0.2) is 0 Å². The first-order valence-electron chi connectivity index (χ1n) is 2.74. The van der Waals surface area contributed by atoms with Crippen molar-refractivity contribution in [3.63, 3.8) is 0 Å². The lowest BCUT2D eigenvalue weighted by Crippen LogP contribution is -2.14. The van der Waals surface area contributed by atoms with E-state index in [1.54, 1.807) is 0 Å². The molecule has 3 heteroatoms. The summed E-state index contributed by atoms with van der Waals surface area (Å²) in [5.74, 6) is 0. The highest BCUT2D eigenvalue weighted by Crippen LogP contribution is 1.79. The predicted octanol–water partition coefficient (Wildman–Crippen LogP) is 0.153. The van der Waals surface area contributed by atoms with Gasteiger partial charge in [-0.3, -0.25) is 5.26 Å². The molecule has 0 radical (unpaired) electrons. The molecule has 1 N–H and O–H groups in total. The third-order valence-electron chi connectivity index (χ3n) is 1.07. The molecule has 0 aromatic heterocycles. The number of hydrogen-bond donors (Lipinski definition) is 1. The molecule has 0 unspecified atom stereocenters. The normalized spacial score (nSPS) is 9.00. The summed E-state index contributed by atoms with van der Waals surface area (Å²) in [6.07, 6.45) is 0. The van der Waals surface area contributed by atoms with E-state index in [1.807, 2.05) is 30.3 Å². The average Bonchev–Trinajstić information content (AvgIpc) is 1.91. The van der Waals surface area contributed by atoms with Crippen molar-refractivity contribution in [2.24, 2.45) is 0 Å². The van der Waals surface area contributed by atoms with Crippen molar-refractivity contribution < 1.29 is 10.1 Å². The second-order valence-corrected chi connectivity index (χ2v) is 1.76. The van der Waals surface area contributed by atoms with E-state index in [0.717, 1.165) is 5.46 Å². The Hall–Kier alpha value is -0.795. The van der Waals surface area contributed by atoms with Crippen LogP contribution in [0.4, 0.5) is 0 Å². The van der Waals surface area contributed by atoms with Crippen LogP contribution in [0.1, 0.15) is 0 Å². The van der Waals surface area contributed by atoms with Gasteiger partial charge in [0.1, 0.15) is 0 Å². The van der Waals surface area contributed by atoms with E-state index in [0.29, 0.717) is 0 Å². The molecular formula is C6H7BO2. The molecule has 0 fully saturated rings. The summed E-state index contributed by atoms with van der Waals surface area (Å²) in [6.45, 7) is 0. The SMILES string of the molecule is OOBc1ccccc1. The van der Waals surface area contributed by atoms with Crippen LogP contribution in [0.15, 0.2) is 30.3 Å². The Kier molecular flexibility index (Phi) is 2.30. The Labute approximate surface area is 54.3 Å². The summed E-state index contributed by atoms with van der Waals surface area (Å²) in [7, 11) is 0.265. The van der Waals surface area contributed by atoms with Crippen LogP contribution >= 0.6 is 0 Å². The molecule has 1 aromatic rings. The van der Waals surface area contributed by atoms with Crippen LogP contribution in [-0.4, -0.2) is 12.7 Å². The maximum atomic E-state index is 8.02. The molecule has 0 aliphatic heterocycles. The Morgan fingerprint density at radius 1 is 1.22 bits per heavy atom. The summed E-state index contributed by atoms with van der Waals surface area (Å²) in [5.41, 5.74) is 0.972. The van der Waals surface area contributed by atoms with Crippen molar-refractivity contribution in [3.05, 3.63) is 30.3 Å². The Bertz CT molecular complexity index is 164. The summed E-state index contributed by atoms with van der Waals surface area (Å²) in [5, 5.41) is 8.02. The highest BCUT2D eigenvalue weighted by molar-refractivity contribution is 6.46. The van der Waals surface area contributed by atoms with Crippen molar-refractivity contribution in [1.82, 2.24) is 0 Å². The minimum absolute atomic E-state index is 0.265. The van der Waals surface area contributed by atoms with Gasteiger partial charge in [-0.1, -0.05) is 30.3 Å². The minimum atomic E-state index is 0.265. The van der Waals surface area contributed by atoms with Gasteiger partial charge < -0.3 is 4.81 Å². The molecule has 0 aliphatic rings. The van der Waals surface area contributed by atoms with Crippen LogP contribution in [0.25, 0.3) is 0 Å². The summed E-state index contributed by atoms with van der Waals surface area (Å²) in [6, 6.07) is 9.48. The monoisotopic (exact) mass is 122 g/mol. The molecule has 0 bridgehead atoms. The fourth-order valence-electron chi connectivity index (χ4n) is 0.649. The van der Waals surface area contributed by atoms with Gasteiger partial charge >= 0.3 is 7.48 Å². The highest BCUT2D eigenvalue weighted by Gasteiger charge is 1.90. The first-order valence-corrected chi connectivity index (χ1v) is 2.74. The molecule has 0 saturated heterocycles. The second-order valence-electron chi connectivity index (χ2n) is 1.76. The zero-order valence-corrected chi connectivity index (χ0v) is 4.95. The van der Waals surface area contributed by atoms with E-state index in [2.05, 4.69) is 4.81 Å². The molecule has 0 spiro atoms. The molecule has 0 saturated carbocycles. The average molecular weight is 122 g/mol. The highest BCUT2D eigenvalue weighted by atomic mass is 17.1. The lowest BCUT2D eigenvalue weighted by atomic mass is 9.89. The van der Waals surface area contributed by atoms with Crippen LogP contribution in [0.3, 0.4) is 0 Å². The van der Waals surface area contributed by atoms with Crippen LogP contribution in [-0.2, 0) is 4.81 Å². The maximum absolute atomic E-state index is 8.02. The second kappa shape index (κ2) is 3.27. The van der Waals surface area contributed by atoms with Gasteiger partial charge in [0.2, 0.25) is 0 Å². The van der Waals surface area contributed by atoms with Gasteiger partial charge in [-0.05, 0) is 5.46 Å². The smallest absolute Gasteiger partial charge is 0.306 e. The van der Waals surface area contributed by atoms with E-state index in [9.17, 15) is 0 Å². The summed E-state index contributed by atoms with van der Waals surface area (Å²) < 4.78 is 0. The van der Waals surface area contributed by atoms with Crippen LogP contribution in [0, 0.1) is 0 Å².